The molecule has 0 radical (unpaired) electrons. The molecule has 2 aromatic rings. The van der Waals surface area contributed by atoms with Crippen molar-refractivity contribution in [2.24, 2.45) is 0 Å². The van der Waals surface area contributed by atoms with Crippen LogP contribution in [0, 0.1) is 0 Å². The number of pyridine rings is 1. The quantitative estimate of drug-likeness (QED) is 0.696. The van der Waals surface area contributed by atoms with Crippen molar-refractivity contribution in [3.8, 4) is 0 Å². The first-order valence-corrected chi connectivity index (χ1v) is 10.1. The lowest BCUT2D eigenvalue weighted by Crippen LogP contribution is -2.47. The van der Waals surface area contributed by atoms with Crippen molar-refractivity contribution in [1.82, 2.24) is 15.6 Å². The van der Waals surface area contributed by atoms with Gasteiger partial charge in [-0.25, -0.2) is 0 Å². The molecule has 1 atom stereocenters. The van der Waals surface area contributed by atoms with Gasteiger partial charge in [-0.1, -0.05) is 29.3 Å². The van der Waals surface area contributed by atoms with Crippen molar-refractivity contribution in [2.75, 3.05) is 12.0 Å². The number of carbonyl (C=O) groups is 2. The highest BCUT2D eigenvalue weighted by atomic mass is 35.5. The predicted molar refractivity (Wildman–Crippen MR) is 107 cm³/mol. The predicted octanol–water partition coefficient (Wildman–Crippen LogP) is 3.56. The Kier molecular flexibility index (Phi) is 8.22. The van der Waals surface area contributed by atoms with E-state index in [1.165, 1.54) is 12.1 Å². The molecule has 8 heteroatoms. The maximum Gasteiger partial charge on any atom is 0.253 e. The Morgan fingerprint density at radius 3 is 2.69 bits per heavy atom. The third kappa shape index (κ3) is 6.20. The number of rotatable bonds is 8. The van der Waals surface area contributed by atoms with Gasteiger partial charge in [0.15, 0.2) is 0 Å². The molecule has 0 aliphatic rings. The Balaban J connectivity index is 2.03. The van der Waals surface area contributed by atoms with E-state index in [2.05, 4.69) is 15.6 Å². The van der Waals surface area contributed by atoms with Gasteiger partial charge in [0.05, 0.1) is 22.8 Å². The molecule has 5 nitrogen and oxygen atoms in total. The summed E-state index contributed by atoms with van der Waals surface area (Å²) in [6, 6.07) is 9.44. The largest absolute Gasteiger partial charge is 0.349 e. The van der Waals surface area contributed by atoms with Gasteiger partial charge in [0, 0.05) is 11.2 Å². The minimum Gasteiger partial charge on any atom is -0.349 e. The van der Waals surface area contributed by atoms with Crippen LogP contribution in [0.2, 0.25) is 10.0 Å². The number of amides is 2. The normalized spacial score (nSPS) is 11.7. The first-order chi connectivity index (χ1) is 12.5. The molecule has 1 heterocycles. The van der Waals surface area contributed by atoms with Crippen LogP contribution in [0.1, 0.15) is 22.5 Å². The number of nitrogens with one attached hydrogen (secondary N) is 2. The van der Waals surface area contributed by atoms with E-state index in [1.54, 1.807) is 24.0 Å². The third-order valence-corrected chi connectivity index (χ3v) is 4.77. The zero-order chi connectivity index (χ0) is 18.9. The van der Waals surface area contributed by atoms with Gasteiger partial charge in [-0.15, -0.1) is 0 Å². The molecule has 2 amide bonds. The number of hydrogen-bond donors (Lipinski definition) is 2. The highest BCUT2D eigenvalue weighted by Gasteiger charge is 2.22. The van der Waals surface area contributed by atoms with E-state index in [9.17, 15) is 9.59 Å². The number of thioether (sulfide) groups is 1. The fourth-order valence-corrected chi connectivity index (χ4v) is 3.18. The molecule has 0 unspecified atom stereocenters. The number of aromatic nitrogens is 1. The topological polar surface area (TPSA) is 71.1 Å². The Labute approximate surface area is 166 Å². The summed E-state index contributed by atoms with van der Waals surface area (Å²) >= 11 is 13.5. The van der Waals surface area contributed by atoms with Gasteiger partial charge in [0.2, 0.25) is 5.91 Å². The Morgan fingerprint density at radius 1 is 1.23 bits per heavy atom. The lowest BCUT2D eigenvalue weighted by Gasteiger charge is -2.18. The highest BCUT2D eigenvalue weighted by molar-refractivity contribution is 7.98. The summed E-state index contributed by atoms with van der Waals surface area (Å²) < 4.78 is 0. The Hall–Kier alpha value is -1.76. The van der Waals surface area contributed by atoms with Crippen molar-refractivity contribution in [3.05, 3.63) is 63.9 Å². The zero-order valence-corrected chi connectivity index (χ0v) is 16.5. The summed E-state index contributed by atoms with van der Waals surface area (Å²) in [6.07, 6.45) is 4.11. The number of halogens is 2. The van der Waals surface area contributed by atoms with Crippen molar-refractivity contribution in [3.63, 3.8) is 0 Å². The van der Waals surface area contributed by atoms with E-state index in [-0.39, 0.29) is 16.5 Å². The van der Waals surface area contributed by atoms with Crippen molar-refractivity contribution < 1.29 is 9.59 Å². The van der Waals surface area contributed by atoms with Crippen LogP contribution in [-0.4, -0.2) is 34.8 Å². The molecule has 0 saturated carbocycles. The zero-order valence-electron chi connectivity index (χ0n) is 14.2. The first kappa shape index (κ1) is 20.6. The molecule has 0 saturated heterocycles. The molecule has 1 aromatic heterocycles. The highest BCUT2D eigenvalue weighted by Crippen LogP contribution is 2.21. The van der Waals surface area contributed by atoms with Crippen LogP contribution in [0.5, 0.6) is 0 Å². The summed E-state index contributed by atoms with van der Waals surface area (Å²) in [5.41, 5.74) is 1.03. The molecule has 0 aliphatic heterocycles. The maximum absolute atomic E-state index is 12.5. The molecule has 0 bridgehead atoms. The summed E-state index contributed by atoms with van der Waals surface area (Å²) in [4.78, 5) is 29.2. The van der Waals surface area contributed by atoms with E-state index in [0.717, 1.165) is 11.4 Å². The SMILES string of the molecule is CSCC[C@H](NC(=O)c1ccc(Cl)cc1Cl)C(=O)NCc1ccccn1. The molecule has 138 valence electrons. The van der Waals surface area contributed by atoms with Gasteiger partial charge >= 0.3 is 0 Å². The molecule has 2 rings (SSSR count). The van der Waals surface area contributed by atoms with Gasteiger partial charge in [-0.05, 0) is 48.8 Å². The molecular formula is C18H19Cl2N3O2S. The van der Waals surface area contributed by atoms with E-state index in [1.807, 2.05) is 24.5 Å². The van der Waals surface area contributed by atoms with Crippen molar-refractivity contribution in [2.45, 2.75) is 19.0 Å². The maximum atomic E-state index is 12.5. The van der Waals surface area contributed by atoms with Crippen LogP contribution in [0.3, 0.4) is 0 Å². The van der Waals surface area contributed by atoms with Gasteiger partial charge in [0.1, 0.15) is 6.04 Å². The monoisotopic (exact) mass is 411 g/mol. The Bertz CT molecular complexity index is 759. The third-order valence-electron chi connectivity index (χ3n) is 3.58. The summed E-state index contributed by atoms with van der Waals surface area (Å²) in [5.74, 6) is 0.0601. The van der Waals surface area contributed by atoms with Crippen LogP contribution in [0.25, 0.3) is 0 Å². The summed E-state index contributed by atoms with van der Waals surface area (Å²) in [7, 11) is 0. The minimum absolute atomic E-state index is 0.243. The first-order valence-electron chi connectivity index (χ1n) is 7.93. The molecule has 0 spiro atoms. The summed E-state index contributed by atoms with van der Waals surface area (Å²) in [6.45, 7) is 0.299. The molecule has 1 aromatic carbocycles. The van der Waals surface area contributed by atoms with Crippen LogP contribution in [0.4, 0.5) is 0 Å². The van der Waals surface area contributed by atoms with E-state index in [0.29, 0.717) is 18.0 Å². The average Bonchev–Trinajstić information content (AvgIpc) is 2.63. The van der Waals surface area contributed by atoms with Crippen LogP contribution >= 0.6 is 35.0 Å². The lowest BCUT2D eigenvalue weighted by molar-refractivity contribution is -0.123. The summed E-state index contributed by atoms with van der Waals surface area (Å²) in [5, 5.41) is 6.25. The number of benzene rings is 1. The molecule has 26 heavy (non-hydrogen) atoms. The molecule has 2 N–H and O–H groups in total. The van der Waals surface area contributed by atoms with E-state index < -0.39 is 11.9 Å². The van der Waals surface area contributed by atoms with Crippen LogP contribution in [0.15, 0.2) is 42.6 Å². The number of hydrogen-bond acceptors (Lipinski definition) is 4. The van der Waals surface area contributed by atoms with Gasteiger partial charge in [0.25, 0.3) is 5.91 Å². The fraction of sp³-hybridized carbons (Fsp3) is 0.278. The molecular weight excluding hydrogens is 393 g/mol. The smallest absolute Gasteiger partial charge is 0.253 e. The van der Waals surface area contributed by atoms with E-state index in [4.69, 9.17) is 23.2 Å². The lowest BCUT2D eigenvalue weighted by atomic mass is 10.1. The second-order valence-corrected chi connectivity index (χ2v) is 7.30. The van der Waals surface area contributed by atoms with Crippen LogP contribution in [-0.2, 0) is 11.3 Å². The second-order valence-electron chi connectivity index (χ2n) is 5.47. The van der Waals surface area contributed by atoms with Gasteiger partial charge in [-0.2, -0.15) is 11.8 Å². The van der Waals surface area contributed by atoms with Gasteiger partial charge < -0.3 is 10.6 Å². The Morgan fingerprint density at radius 2 is 2.04 bits per heavy atom. The standard InChI is InChI=1S/C18H19Cl2N3O2S/c1-26-9-7-16(18(25)22-11-13-4-2-3-8-21-13)23-17(24)14-6-5-12(19)10-15(14)20/h2-6,8,10,16H,7,9,11H2,1H3,(H,22,25)(H,23,24)/t16-/m0/s1. The van der Waals surface area contributed by atoms with Crippen LogP contribution < -0.4 is 10.6 Å². The number of nitrogens with zero attached hydrogens (tertiary/aromatic N) is 1. The van der Waals surface area contributed by atoms with Gasteiger partial charge in [-0.3, -0.25) is 14.6 Å². The average molecular weight is 412 g/mol. The fourth-order valence-electron chi connectivity index (χ4n) is 2.22. The van der Waals surface area contributed by atoms with Crippen molar-refractivity contribution in [1.29, 1.82) is 0 Å². The minimum atomic E-state index is -0.662. The van der Waals surface area contributed by atoms with E-state index >= 15 is 0 Å². The number of carbonyl (C=O) groups excluding carboxylic acids is 2. The van der Waals surface area contributed by atoms with Crippen molar-refractivity contribution >= 4 is 46.8 Å². The second kappa shape index (κ2) is 10.4. The molecule has 0 aliphatic carbocycles. The molecule has 0 fully saturated rings.